The topological polar surface area (TPSA) is 59.1 Å². The second-order valence-electron chi connectivity index (χ2n) is 8.71. The zero-order chi connectivity index (χ0) is 25.3. The van der Waals surface area contributed by atoms with Crippen LogP contribution >= 0.6 is 23.2 Å². The number of fused-ring (bicyclic) bond motifs is 1. The molecular formula is C27H26Cl2N2O4S. The quantitative estimate of drug-likeness (QED) is 0.389. The molecule has 3 aromatic rings. The van der Waals surface area contributed by atoms with E-state index in [1.807, 2.05) is 49.4 Å². The van der Waals surface area contributed by atoms with Gasteiger partial charge in [-0.3, -0.25) is 4.90 Å². The van der Waals surface area contributed by atoms with Crippen molar-refractivity contribution in [3.8, 4) is 5.75 Å². The summed E-state index contributed by atoms with van der Waals surface area (Å²) >= 11 is 12.3. The van der Waals surface area contributed by atoms with Crippen LogP contribution in [0.4, 0.5) is 5.69 Å². The summed E-state index contributed by atoms with van der Waals surface area (Å²) in [4.78, 5) is 2.49. The summed E-state index contributed by atoms with van der Waals surface area (Å²) in [5.41, 5.74) is 3.20. The van der Waals surface area contributed by atoms with Gasteiger partial charge in [0.2, 0.25) is 0 Å². The van der Waals surface area contributed by atoms with Crippen LogP contribution in [0.15, 0.2) is 83.4 Å². The lowest BCUT2D eigenvalue weighted by Gasteiger charge is -2.34. The molecule has 9 heteroatoms. The van der Waals surface area contributed by atoms with Crippen molar-refractivity contribution in [3.63, 3.8) is 0 Å². The summed E-state index contributed by atoms with van der Waals surface area (Å²) in [7, 11) is -3.89. The van der Waals surface area contributed by atoms with E-state index in [2.05, 4.69) is 4.90 Å². The largest absolute Gasteiger partial charge is 0.488 e. The van der Waals surface area contributed by atoms with Crippen LogP contribution < -0.4 is 9.04 Å². The molecule has 2 heterocycles. The Kier molecular flexibility index (Phi) is 7.28. The monoisotopic (exact) mass is 544 g/mol. The number of anilines is 1. The van der Waals surface area contributed by atoms with Gasteiger partial charge in [0.15, 0.2) is 0 Å². The van der Waals surface area contributed by atoms with Crippen LogP contribution in [-0.4, -0.2) is 46.2 Å². The van der Waals surface area contributed by atoms with E-state index in [9.17, 15) is 8.42 Å². The second-order valence-corrected chi connectivity index (χ2v) is 11.3. The Morgan fingerprint density at radius 3 is 2.47 bits per heavy atom. The molecule has 1 atom stereocenters. The molecule has 5 rings (SSSR count). The number of aryl methyl sites for hydroxylation is 1. The highest BCUT2D eigenvalue weighted by Crippen LogP contribution is 2.48. The van der Waals surface area contributed by atoms with Crippen molar-refractivity contribution in [2.75, 3.05) is 37.2 Å². The Hall–Kier alpha value is -2.55. The summed E-state index contributed by atoms with van der Waals surface area (Å²) in [6.07, 6.45) is 1.83. The molecule has 2 aliphatic heterocycles. The summed E-state index contributed by atoms with van der Waals surface area (Å²) in [6, 6.07) is 19.3. The van der Waals surface area contributed by atoms with Gasteiger partial charge in [-0.15, -0.1) is 0 Å². The summed E-state index contributed by atoms with van der Waals surface area (Å²) in [6.45, 7) is 4.63. The molecule has 0 radical (unpaired) electrons. The standard InChI is InChI=1S/C27H26Cl2N2O4S/c1-19-6-9-21(10-7-19)36(32,33)31-24-5-3-2-4-22(24)27(30-13-16-34-17-14-30)25(31)12-15-35-26-11-8-20(28)18-23(26)29/h2-12,18,27H,13-17H2,1H3/b25-12+/t27-/m1/s1. The molecule has 188 valence electrons. The number of rotatable bonds is 6. The van der Waals surface area contributed by atoms with Crippen LogP contribution in [0.1, 0.15) is 17.2 Å². The maximum Gasteiger partial charge on any atom is 0.268 e. The molecule has 0 amide bonds. The highest BCUT2D eigenvalue weighted by Gasteiger charge is 2.43. The number of halogens is 2. The van der Waals surface area contributed by atoms with Crippen LogP contribution in [-0.2, 0) is 14.8 Å². The molecule has 0 aromatic heterocycles. The smallest absolute Gasteiger partial charge is 0.268 e. The number of nitrogens with zero attached hydrogens (tertiary/aromatic N) is 2. The first kappa shape index (κ1) is 25.1. The number of hydrogen-bond donors (Lipinski definition) is 0. The van der Waals surface area contributed by atoms with Crippen LogP contribution in [0, 0.1) is 6.92 Å². The average Bonchev–Trinajstić information content (AvgIpc) is 3.21. The maximum atomic E-state index is 14.0. The molecule has 0 bridgehead atoms. The maximum absolute atomic E-state index is 14.0. The normalized spacial score (nSPS) is 19.5. The fourth-order valence-electron chi connectivity index (χ4n) is 4.62. The lowest BCUT2D eigenvalue weighted by molar-refractivity contribution is 0.0241. The molecule has 0 unspecified atom stereocenters. The molecule has 0 aliphatic carbocycles. The van der Waals surface area contributed by atoms with E-state index < -0.39 is 10.0 Å². The minimum Gasteiger partial charge on any atom is -0.488 e. The molecule has 3 aromatic carbocycles. The molecule has 1 fully saturated rings. The number of ether oxygens (including phenoxy) is 2. The third-order valence-electron chi connectivity index (χ3n) is 6.36. The Labute approximate surface area is 221 Å². The minimum absolute atomic E-state index is 0.130. The van der Waals surface area contributed by atoms with Crippen molar-refractivity contribution >= 4 is 38.9 Å². The fourth-order valence-corrected chi connectivity index (χ4v) is 6.65. The molecule has 1 saturated heterocycles. The second kappa shape index (κ2) is 10.4. The van der Waals surface area contributed by atoms with Gasteiger partial charge in [0.25, 0.3) is 10.0 Å². The number of para-hydroxylation sites is 1. The minimum atomic E-state index is -3.89. The molecule has 2 aliphatic rings. The Balaban J connectivity index is 1.58. The van der Waals surface area contributed by atoms with E-state index in [0.717, 1.165) is 11.1 Å². The first-order valence-electron chi connectivity index (χ1n) is 11.7. The van der Waals surface area contributed by atoms with Crippen molar-refractivity contribution < 1.29 is 17.9 Å². The molecule has 0 saturated carbocycles. The summed E-state index contributed by atoms with van der Waals surface area (Å²) in [5.74, 6) is 0.476. The first-order valence-corrected chi connectivity index (χ1v) is 13.9. The highest BCUT2D eigenvalue weighted by molar-refractivity contribution is 7.93. The summed E-state index contributed by atoms with van der Waals surface area (Å²) in [5, 5.41) is 0.907. The zero-order valence-electron chi connectivity index (χ0n) is 19.7. The highest BCUT2D eigenvalue weighted by atomic mass is 35.5. The number of morpholine rings is 1. The van der Waals surface area contributed by atoms with Gasteiger partial charge in [-0.25, -0.2) is 12.7 Å². The predicted molar refractivity (Wildman–Crippen MR) is 142 cm³/mol. The number of hydrogen-bond acceptors (Lipinski definition) is 5. The molecular weight excluding hydrogens is 519 g/mol. The van der Waals surface area contributed by atoms with Gasteiger partial charge >= 0.3 is 0 Å². The van der Waals surface area contributed by atoms with E-state index in [1.165, 1.54) is 4.31 Å². The third-order valence-corrected chi connectivity index (χ3v) is 8.65. The van der Waals surface area contributed by atoms with Gasteiger partial charge < -0.3 is 9.47 Å². The number of benzene rings is 3. The van der Waals surface area contributed by atoms with Crippen molar-refractivity contribution in [2.24, 2.45) is 0 Å². The van der Waals surface area contributed by atoms with Gasteiger partial charge in [0, 0.05) is 23.7 Å². The van der Waals surface area contributed by atoms with Gasteiger partial charge in [-0.1, -0.05) is 59.1 Å². The van der Waals surface area contributed by atoms with Crippen LogP contribution in [0.5, 0.6) is 5.75 Å². The van der Waals surface area contributed by atoms with E-state index in [1.54, 1.807) is 30.3 Å². The Morgan fingerprint density at radius 1 is 1.03 bits per heavy atom. The molecule has 0 N–H and O–H groups in total. The molecule has 0 spiro atoms. The van der Waals surface area contributed by atoms with Gasteiger partial charge in [-0.05, 0) is 49.4 Å². The van der Waals surface area contributed by atoms with E-state index in [0.29, 0.717) is 53.5 Å². The van der Waals surface area contributed by atoms with Crippen LogP contribution in [0.3, 0.4) is 0 Å². The van der Waals surface area contributed by atoms with Crippen molar-refractivity contribution in [2.45, 2.75) is 17.9 Å². The summed E-state index contributed by atoms with van der Waals surface area (Å²) < 4.78 is 41.0. The van der Waals surface area contributed by atoms with Crippen LogP contribution in [0.2, 0.25) is 10.0 Å². The SMILES string of the molecule is Cc1ccc(S(=O)(=O)N2/C(=C/COc3ccc(Cl)cc3Cl)[C@H](N3CCOCC3)c3ccccc32)cc1. The van der Waals surface area contributed by atoms with E-state index in [-0.39, 0.29) is 17.5 Å². The fraction of sp³-hybridized carbons (Fsp3) is 0.259. The lowest BCUT2D eigenvalue weighted by Crippen LogP contribution is -2.41. The van der Waals surface area contributed by atoms with E-state index in [4.69, 9.17) is 32.7 Å². The third kappa shape index (κ3) is 4.86. The van der Waals surface area contributed by atoms with Crippen molar-refractivity contribution in [1.82, 2.24) is 4.90 Å². The number of sulfonamides is 1. The average molecular weight is 545 g/mol. The Bertz CT molecular complexity index is 1390. The predicted octanol–water partition coefficient (Wildman–Crippen LogP) is 5.85. The van der Waals surface area contributed by atoms with Gasteiger partial charge in [-0.2, -0.15) is 0 Å². The Morgan fingerprint density at radius 2 is 1.75 bits per heavy atom. The van der Waals surface area contributed by atoms with Gasteiger partial charge in [0.05, 0.1) is 40.6 Å². The first-order chi connectivity index (χ1) is 17.4. The van der Waals surface area contributed by atoms with Crippen molar-refractivity contribution in [1.29, 1.82) is 0 Å². The molecule has 36 heavy (non-hydrogen) atoms. The van der Waals surface area contributed by atoms with Crippen LogP contribution in [0.25, 0.3) is 0 Å². The zero-order valence-corrected chi connectivity index (χ0v) is 22.1. The van der Waals surface area contributed by atoms with Crippen molar-refractivity contribution in [3.05, 3.63) is 99.7 Å². The molecule has 6 nitrogen and oxygen atoms in total. The van der Waals surface area contributed by atoms with E-state index >= 15 is 0 Å². The van der Waals surface area contributed by atoms with Gasteiger partial charge in [0.1, 0.15) is 12.4 Å². The lowest BCUT2D eigenvalue weighted by atomic mass is 10.0.